The first-order chi connectivity index (χ1) is 9.58. The molecule has 0 aliphatic carbocycles. The van der Waals surface area contributed by atoms with E-state index < -0.39 is 0 Å². The molecule has 1 unspecified atom stereocenters. The van der Waals surface area contributed by atoms with Crippen LogP contribution >= 0.6 is 11.3 Å². The van der Waals surface area contributed by atoms with Gasteiger partial charge in [-0.3, -0.25) is 4.79 Å². The summed E-state index contributed by atoms with van der Waals surface area (Å²) in [5.74, 6) is 0.0894. The van der Waals surface area contributed by atoms with Crippen LogP contribution in [0.15, 0.2) is 5.38 Å². The van der Waals surface area contributed by atoms with Crippen molar-refractivity contribution in [3.63, 3.8) is 0 Å². The number of piperidine rings is 1. The van der Waals surface area contributed by atoms with E-state index in [1.54, 1.807) is 0 Å². The standard InChI is InChI=1S/C15H25N3OS/c1-3-6-15(2)7-4-9-18(11-15)14(19)12-10-20-13(17-12)5-8-16/h10H,3-9,11,16H2,1-2H3. The number of aromatic nitrogens is 1. The Morgan fingerprint density at radius 2 is 2.40 bits per heavy atom. The average molecular weight is 295 g/mol. The number of hydrogen-bond acceptors (Lipinski definition) is 4. The van der Waals surface area contributed by atoms with Gasteiger partial charge in [-0.15, -0.1) is 11.3 Å². The number of likely N-dealkylation sites (tertiary alicyclic amines) is 1. The number of thiazole rings is 1. The molecule has 5 heteroatoms. The van der Waals surface area contributed by atoms with Crippen LogP contribution in [0, 0.1) is 5.41 Å². The van der Waals surface area contributed by atoms with Crippen molar-refractivity contribution < 1.29 is 4.79 Å². The Morgan fingerprint density at radius 3 is 3.10 bits per heavy atom. The van der Waals surface area contributed by atoms with Gasteiger partial charge in [0.2, 0.25) is 0 Å². The maximum Gasteiger partial charge on any atom is 0.273 e. The van der Waals surface area contributed by atoms with E-state index in [9.17, 15) is 4.79 Å². The summed E-state index contributed by atoms with van der Waals surface area (Å²) in [5, 5.41) is 2.84. The first kappa shape index (κ1) is 15.4. The number of carbonyl (C=O) groups excluding carboxylic acids is 1. The van der Waals surface area contributed by atoms with Gasteiger partial charge in [0.15, 0.2) is 0 Å². The van der Waals surface area contributed by atoms with Gasteiger partial charge in [-0.25, -0.2) is 4.98 Å². The maximum absolute atomic E-state index is 12.5. The SMILES string of the molecule is CCCC1(C)CCCN(C(=O)c2csc(CCN)n2)C1. The van der Waals surface area contributed by atoms with Gasteiger partial charge in [-0.1, -0.05) is 20.3 Å². The zero-order valence-electron chi connectivity index (χ0n) is 12.5. The predicted molar refractivity (Wildman–Crippen MR) is 83.0 cm³/mol. The molecule has 1 aromatic heterocycles. The fourth-order valence-corrected chi connectivity index (χ4v) is 3.89. The number of amides is 1. The van der Waals surface area contributed by atoms with Crippen LogP contribution in [-0.4, -0.2) is 35.4 Å². The lowest BCUT2D eigenvalue weighted by Gasteiger charge is -2.40. The molecule has 2 rings (SSSR count). The van der Waals surface area contributed by atoms with Gasteiger partial charge < -0.3 is 10.6 Å². The molecule has 0 aromatic carbocycles. The van der Waals surface area contributed by atoms with Gasteiger partial charge in [0.25, 0.3) is 5.91 Å². The monoisotopic (exact) mass is 295 g/mol. The van der Waals surface area contributed by atoms with Crippen LogP contribution < -0.4 is 5.73 Å². The van der Waals surface area contributed by atoms with Crippen molar-refractivity contribution in [1.82, 2.24) is 9.88 Å². The largest absolute Gasteiger partial charge is 0.337 e. The number of nitrogens with two attached hydrogens (primary N) is 1. The number of rotatable bonds is 5. The minimum atomic E-state index is 0.0894. The highest BCUT2D eigenvalue weighted by molar-refractivity contribution is 7.09. The molecule has 1 aromatic rings. The Morgan fingerprint density at radius 1 is 1.60 bits per heavy atom. The summed E-state index contributed by atoms with van der Waals surface area (Å²) >= 11 is 1.54. The molecule has 1 aliphatic heterocycles. The van der Waals surface area contributed by atoms with E-state index in [1.807, 2.05) is 10.3 Å². The van der Waals surface area contributed by atoms with Gasteiger partial charge in [0, 0.05) is 24.9 Å². The van der Waals surface area contributed by atoms with Crippen molar-refractivity contribution in [3.8, 4) is 0 Å². The lowest BCUT2D eigenvalue weighted by Crippen LogP contribution is -2.44. The van der Waals surface area contributed by atoms with Gasteiger partial charge in [0.05, 0.1) is 5.01 Å². The Balaban J connectivity index is 2.04. The Hall–Kier alpha value is -0.940. The summed E-state index contributed by atoms with van der Waals surface area (Å²) in [5.41, 5.74) is 6.40. The Bertz CT molecular complexity index is 456. The predicted octanol–water partition coefficient (Wildman–Crippen LogP) is 2.69. The average Bonchev–Trinajstić information content (AvgIpc) is 2.87. The molecular weight excluding hydrogens is 270 g/mol. The topological polar surface area (TPSA) is 59.2 Å². The molecule has 2 heterocycles. The zero-order valence-corrected chi connectivity index (χ0v) is 13.3. The molecular formula is C15H25N3OS. The van der Waals surface area contributed by atoms with Crippen LogP contribution in [0.1, 0.15) is 55.0 Å². The van der Waals surface area contributed by atoms with Crippen molar-refractivity contribution in [1.29, 1.82) is 0 Å². The van der Waals surface area contributed by atoms with Gasteiger partial charge in [-0.2, -0.15) is 0 Å². The molecule has 1 fully saturated rings. The molecule has 1 aliphatic rings. The van der Waals surface area contributed by atoms with Crippen molar-refractivity contribution in [2.24, 2.45) is 11.1 Å². The fourth-order valence-electron chi connectivity index (χ4n) is 3.11. The summed E-state index contributed by atoms with van der Waals surface area (Å²) in [6, 6.07) is 0. The third-order valence-electron chi connectivity index (χ3n) is 4.05. The molecule has 0 radical (unpaired) electrons. The second-order valence-corrected chi connectivity index (χ2v) is 7.00. The summed E-state index contributed by atoms with van der Waals surface area (Å²) in [6.45, 7) is 6.83. The molecule has 0 saturated carbocycles. The van der Waals surface area contributed by atoms with Crippen LogP contribution in [0.4, 0.5) is 0 Å². The van der Waals surface area contributed by atoms with Crippen LogP contribution in [0.25, 0.3) is 0 Å². The maximum atomic E-state index is 12.5. The van der Waals surface area contributed by atoms with Crippen LogP contribution in [-0.2, 0) is 6.42 Å². The molecule has 1 amide bonds. The first-order valence-corrected chi connectivity index (χ1v) is 8.40. The normalized spacial score (nSPS) is 23.1. The van der Waals surface area contributed by atoms with Gasteiger partial charge >= 0.3 is 0 Å². The third kappa shape index (κ3) is 3.58. The number of carbonyl (C=O) groups is 1. The van der Waals surface area contributed by atoms with Gasteiger partial charge in [0.1, 0.15) is 5.69 Å². The van der Waals surface area contributed by atoms with E-state index in [1.165, 1.54) is 30.6 Å². The Labute approximate surface area is 125 Å². The minimum Gasteiger partial charge on any atom is -0.337 e. The summed E-state index contributed by atoms with van der Waals surface area (Å²) in [4.78, 5) is 19.0. The lowest BCUT2D eigenvalue weighted by atomic mass is 9.78. The van der Waals surface area contributed by atoms with Crippen LogP contribution in [0.2, 0.25) is 0 Å². The quantitative estimate of drug-likeness (QED) is 0.908. The molecule has 0 bridgehead atoms. The second-order valence-electron chi connectivity index (χ2n) is 6.06. The van der Waals surface area contributed by atoms with Crippen LogP contribution in [0.5, 0.6) is 0 Å². The van der Waals surface area contributed by atoms with E-state index in [-0.39, 0.29) is 11.3 Å². The van der Waals surface area contributed by atoms with Crippen LogP contribution in [0.3, 0.4) is 0 Å². The molecule has 2 N–H and O–H groups in total. The van der Waals surface area contributed by atoms with E-state index in [0.717, 1.165) is 30.9 Å². The van der Waals surface area contributed by atoms with Gasteiger partial charge in [-0.05, 0) is 31.2 Å². The fraction of sp³-hybridized carbons (Fsp3) is 0.733. The lowest BCUT2D eigenvalue weighted by molar-refractivity contribution is 0.0525. The van der Waals surface area contributed by atoms with E-state index in [2.05, 4.69) is 18.8 Å². The molecule has 4 nitrogen and oxygen atoms in total. The summed E-state index contributed by atoms with van der Waals surface area (Å²) < 4.78 is 0. The zero-order chi connectivity index (χ0) is 14.6. The minimum absolute atomic E-state index is 0.0894. The summed E-state index contributed by atoms with van der Waals surface area (Å²) in [6.07, 6.45) is 5.44. The summed E-state index contributed by atoms with van der Waals surface area (Å²) in [7, 11) is 0. The highest BCUT2D eigenvalue weighted by Gasteiger charge is 2.33. The van der Waals surface area contributed by atoms with Crippen molar-refractivity contribution >= 4 is 17.2 Å². The van der Waals surface area contributed by atoms with Crippen molar-refractivity contribution in [2.45, 2.75) is 46.0 Å². The Kier molecular flexibility index (Phi) is 5.16. The van der Waals surface area contributed by atoms with E-state index in [0.29, 0.717) is 12.2 Å². The van der Waals surface area contributed by atoms with Crippen molar-refractivity contribution in [3.05, 3.63) is 16.1 Å². The second kappa shape index (κ2) is 6.68. The molecule has 20 heavy (non-hydrogen) atoms. The molecule has 1 saturated heterocycles. The van der Waals surface area contributed by atoms with Crippen molar-refractivity contribution in [2.75, 3.05) is 19.6 Å². The number of nitrogens with zero attached hydrogens (tertiary/aromatic N) is 2. The first-order valence-electron chi connectivity index (χ1n) is 7.52. The molecule has 112 valence electrons. The highest BCUT2D eigenvalue weighted by atomic mass is 32.1. The third-order valence-corrected chi connectivity index (χ3v) is 4.96. The number of hydrogen-bond donors (Lipinski definition) is 1. The molecule has 1 atom stereocenters. The van der Waals surface area contributed by atoms with E-state index >= 15 is 0 Å². The highest BCUT2D eigenvalue weighted by Crippen LogP contribution is 2.34. The van der Waals surface area contributed by atoms with E-state index in [4.69, 9.17) is 5.73 Å². The smallest absolute Gasteiger partial charge is 0.273 e. The molecule has 0 spiro atoms.